The maximum Gasteiger partial charge on any atom is 0.291 e. The average molecular weight is 436 g/mol. The van der Waals surface area contributed by atoms with Gasteiger partial charge in [0.05, 0.1) is 25.4 Å². The lowest BCUT2D eigenvalue weighted by atomic mass is 10.2. The van der Waals surface area contributed by atoms with E-state index in [2.05, 4.69) is 10.1 Å². The summed E-state index contributed by atoms with van der Waals surface area (Å²) in [6, 6.07) is 13.2. The van der Waals surface area contributed by atoms with Crippen molar-refractivity contribution in [2.24, 2.45) is 0 Å². The fourth-order valence-corrected chi connectivity index (χ4v) is 3.92. The molecule has 0 saturated carbocycles. The summed E-state index contributed by atoms with van der Waals surface area (Å²) >= 11 is 1.29. The van der Waals surface area contributed by atoms with E-state index in [0.717, 1.165) is 16.9 Å². The number of hydrogen-bond acceptors (Lipinski definition) is 7. The standard InChI is InChI=1S/C23H21N3O4S/c1-4-30-18-11-7-16(13-19(18)29-3)14-20-22(27)26-23(31-20)24-21(25-26)12-8-15-5-9-17(28-2)10-6-15/h5-14H,4H2,1-3H3/b12-8+,20-14+. The van der Waals surface area contributed by atoms with Crippen molar-refractivity contribution in [3.63, 3.8) is 0 Å². The van der Waals surface area contributed by atoms with Gasteiger partial charge < -0.3 is 14.2 Å². The maximum absolute atomic E-state index is 12.8. The Hall–Kier alpha value is -3.65. The number of hydrogen-bond donors (Lipinski definition) is 0. The summed E-state index contributed by atoms with van der Waals surface area (Å²) in [5, 5.41) is 4.32. The zero-order chi connectivity index (χ0) is 21.8. The Kier molecular flexibility index (Phi) is 5.99. The second-order valence-corrected chi connectivity index (χ2v) is 7.54. The number of rotatable bonds is 7. The Balaban J connectivity index is 1.61. The van der Waals surface area contributed by atoms with Crippen molar-refractivity contribution in [1.82, 2.24) is 14.6 Å². The molecule has 7 nitrogen and oxygen atoms in total. The van der Waals surface area contributed by atoms with Crippen LogP contribution in [0, 0.1) is 0 Å². The van der Waals surface area contributed by atoms with Crippen molar-refractivity contribution in [3.8, 4) is 17.2 Å². The molecule has 2 heterocycles. The molecule has 0 saturated heterocycles. The Labute approximate surface area is 182 Å². The molecule has 0 amide bonds. The molecule has 2 aromatic carbocycles. The molecule has 0 spiro atoms. The fraction of sp³-hybridized carbons (Fsp3) is 0.174. The summed E-state index contributed by atoms with van der Waals surface area (Å²) in [5.74, 6) is 2.56. The molecule has 0 aliphatic heterocycles. The fourth-order valence-electron chi connectivity index (χ4n) is 3.01. The SMILES string of the molecule is CCOc1ccc(/C=c2/sc3nc(/C=C/c4ccc(OC)cc4)nn3c2=O)cc1OC. The molecule has 0 N–H and O–H groups in total. The van der Waals surface area contributed by atoms with E-state index in [-0.39, 0.29) is 5.56 Å². The molecule has 31 heavy (non-hydrogen) atoms. The summed E-state index contributed by atoms with van der Waals surface area (Å²) in [7, 11) is 3.22. The van der Waals surface area contributed by atoms with Gasteiger partial charge in [0.25, 0.3) is 5.56 Å². The molecule has 4 aromatic rings. The van der Waals surface area contributed by atoms with Gasteiger partial charge in [-0.15, -0.1) is 5.10 Å². The number of thiazole rings is 1. The molecule has 0 aliphatic rings. The minimum Gasteiger partial charge on any atom is -0.497 e. The molecule has 8 heteroatoms. The van der Waals surface area contributed by atoms with Crippen molar-refractivity contribution in [2.75, 3.05) is 20.8 Å². The topological polar surface area (TPSA) is 75.0 Å². The molecule has 0 atom stereocenters. The minimum absolute atomic E-state index is 0.204. The smallest absolute Gasteiger partial charge is 0.291 e. The van der Waals surface area contributed by atoms with Crippen LogP contribution < -0.4 is 24.3 Å². The molecule has 0 bridgehead atoms. The predicted octanol–water partition coefficient (Wildman–Crippen LogP) is 3.29. The van der Waals surface area contributed by atoms with Gasteiger partial charge in [0.1, 0.15) is 5.75 Å². The van der Waals surface area contributed by atoms with E-state index >= 15 is 0 Å². The van der Waals surface area contributed by atoms with Gasteiger partial charge in [0, 0.05) is 0 Å². The van der Waals surface area contributed by atoms with Crippen LogP contribution in [-0.4, -0.2) is 35.4 Å². The number of aromatic nitrogens is 3. The maximum atomic E-state index is 12.8. The predicted molar refractivity (Wildman–Crippen MR) is 122 cm³/mol. The van der Waals surface area contributed by atoms with Crippen LogP contribution in [-0.2, 0) is 0 Å². The van der Waals surface area contributed by atoms with E-state index in [4.69, 9.17) is 14.2 Å². The second kappa shape index (κ2) is 9.01. The van der Waals surface area contributed by atoms with E-state index in [1.165, 1.54) is 15.9 Å². The second-order valence-electron chi connectivity index (χ2n) is 6.53. The first kappa shape index (κ1) is 20.6. The van der Waals surface area contributed by atoms with Crippen molar-refractivity contribution in [2.45, 2.75) is 6.92 Å². The van der Waals surface area contributed by atoms with Crippen LogP contribution in [0.25, 0.3) is 23.2 Å². The van der Waals surface area contributed by atoms with Crippen LogP contribution in [0.3, 0.4) is 0 Å². The zero-order valence-electron chi connectivity index (χ0n) is 17.4. The lowest BCUT2D eigenvalue weighted by Crippen LogP contribution is -2.23. The number of nitrogens with zero attached hydrogens (tertiary/aromatic N) is 3. The number of fused-ring (bicyclic) bond motifs is 1. The van der Waals surface area contributed by atoms with Crippen LogP contribution in [0.1, 0.15) is 23.9 Å². The quantitative estimate of drug-likeness (QED) is 0.444. The molecule has 0 unspecified atom stereocenters. The van der Waals surface area contributed by atoms with Crippen molar-refractivity contribution < 1.29 is 14.2 Å². The van der Waals surface area contributed by atoms with Gasteiger partial charge >= 0.3 is 0 Å². The molecule has 4 rings (SSSR count). The molecule has 0 aliphatic carbocycles. The normalized spacial score (nSPS) is 12.0. The molecule has 158 valence electrons. The molecular weight excluding hydrogens is 414 g/mol. The number of ether oxygens (including phenoxy) is 3. The first-order chi connectivity index (χ1) is 15.1. The Bertz CT molecular complexity index is 1340. The molecular formula is C23H21N3O4S. The van der Waals surface area contributed by atoms with E-state index in [9.17, 15) is 4.79 Å². The summed E-state index contributed by atoms with van der Waals surface area (Å²) in [5.41, 5.74) is 1.62. The van der Waals surface area contributed by atoms with Gasteiger partial charge in [0.2, 0.25) is 4.96 Å². The van der Waals surface area contributed by atoms with E-state index in [1.54, 1.807) is 26.4 Å². The Morgan fingerprint density at radius 1 is 1.00 bits per heavy atom. The third kappa shape index (κ3) is 4.44. The van der Waals surface area contributed by atoms with Crippen LogP contribution in [0.5, 0.6) is 17.2 Å². The Morgan fingerprint density at radius 2 is 1.77 bits per heavy atom. The van der Waals surface area contributed by atoms with Crippen molar-refractivity contribution in [1.29, 1.82) is 0 Å². The lowest BCUT2D eigenvalue weighted by molar-refractivity contribution is 0.311. The largest absolute Gasteiger partial charge is 0.497 e. The van der Waals surface area contributed by atoms with Gasteiger partial charge in [-0.2, -0.15) is 9.50 Å². The van der Waals surface area contributed by atoms with Gasteiger partial charge in [-0.25, -0.2) is 0 Å². The average Bonchev–Trinajstić information content (AvgIpc) is 3.32. The zero-order valence-corrected chi connectivity index (χ0v) is 18.2. The van der Waals surface area contributed by atoms with Crippen LogP contribution in [0.2, 0.25) is 0 Å². The molecule has 2 aromatic heterocycles. The first-order valence-corrected chi connectivity index (χ1v) is 10.5. The summed E-state index contributed by atoms with van der Waals surface area (Å²) in [4.78, 5) is 17.8. The number of benzene rings is 2. The number of methoxy groups -OCH3 is 2. The molecule has 0 fully saturated rings. The highest BCUT2D eigenvalue weighted by Gasteiger charge is 2.10. The highest BCUT2D eigenvalue weighted by Crippen LogP contribution is 2.28. The first-order valence-electron chi connectivity index (χ1n) is 9.65. The van der Waals surface area contributed by atoms with Crippen molar-refractivity contribution in [3.05, 3.63) is 74.3 Å². The Morgan fingerprint density at radius 3 is 2.45 bits per heavy atom. The summed E-state index contributed by atoms with van der Waals surface area (Å²) in [6.07, 6.45) is 5.47. The third-order valence-electron chi connectivity index (χ3n) is 4.52. The lowest BCUT2D eigenvalue weighted by Gasteiger charge is -2.09. The highest BCUT2D eigenvalue weighted by molar-refractivity contribution is 7.15. The highest BCUT2D eigenvalue weighted by atomic mass is 32.1. The van der Waals surface area contributed by atoms with E-state index in [1.807, 2.05) is 55.5 Å². The monoisotopic (exact) mass is 435 g/mol. The van der Waals surface area contributed by atoms with E-state index in [0.29, 0.717) is 33.4 Å². The van der Waals surface area contributed by atoms with E-state index < -0.39 is 0 Å². The van der Waals surface area contributed by atoms with Crippen LogP contribution in [0.15, 0.2) is 47.3 Å². The van der Waals surface area contributed by atoms with Gasteiger partial charge in [-0.05, 0) is 54.5 Å². The van der Waals surface area contributed by atoms with Gasteiger partial charge in [-0.3, -0.25) is 4.79 Å². The van der Waals surface area contributed by atoms with Crippen molar-refractivity contribution >= 4 is 34.5 Å². The minimum atomic E-state index is -0.204. The van der Waals surface area contributed by atoms with Gasteiger partial charge in [-0.1, -0.05) is 35.6 Å². The third-order valence-corrected chi connectivity index (χ3v) is 5.48. The molecule has 0 radical (unpaired) electrons. The van der Waals surface area contributed by atoms with Gasteiger partial charge in [0.15, 0.2) is 17.3 Å². The summed E-state index contributed by atoms with van der Waals surface area (Å²) in [6.45, 7) is 2.46. The summed E-state index contributed by atoms with van der Waals surface area (Å²) < 4.78 is 17.9. The van der Waals surface area contributed by atoms with Crippen LogP contribution in [0.4, 0.5) is 0 Å². The van der Waals surface area contributed by atoms with Crippen LogP contribution >= 0.6 is 11.3 Å².